The quantitative estimate of drug-likeness (QED) is 0.617. The summed E-state index contributed by atoms with van der Waals surface area (Å²) in [7, 11) is 1.45. The van der Waals surface area contributed by atoms with Gasteiger partial charge in [-0.1, -0.05) is 30.3 Å². The molecular weight excluding hydrogens is 260 g/mol. The van der Waals surface area contributed by atoms with E-state index in [1.54, 1.807) is 12.1 Å². The molecular formula is C13H16N4O3. The van der Waals surface area contributed by atoms with E-state index in [4.69, 9.17) is 5.73 Å². The van der Waals surface area contributed by atoms with Gasteiger partial charge in [0.2, 0.25) is 0 Å². The van der Waals surface area contributed by atoms with Gasteiger partial charge in [0.05, 0.1) is 6.10 Å². The lowest BCUT2D eigenvalue weighted by Crippen LogP contribution is -2.33. The van der Waals surface area contributed by atoms with E-state index in [-0.39, 0.29) is 18.1 Å². The van der Waals surface area contributed by atoms with Crippen LogP contribution in [0.5, 0.6) is 0 Å². The van der Waals surface area contributed by atoms with Gasteiger partial charge in [-0.05, 0) is 5.56 Å². The third-order valence-electron chi connectivity index (χ3n) is 3.03. The van der Waals surface area contributed by atoms with Crippen molar-refractivity contribution < 1.29 is 5.11 Å². The Kier molecular flexibility index (Phi) is 3.90. The standard InChI is InChI=1S/C13H16N4O3/c1-17-11(14)10(12(19)16-13(17)20)15-7-9(18)8-5-3-2-4-6-8/h2-6,9,15,18H,7,14H2,1H3,(H,16,19,20). The van der Waals surface area contributed by atoms with Crippen LogP contribution in [-0.4, -0.2) is 21.2 Å². The summed E-state index contributed by atoms with van der Waals surface area (Å²) < 4.78 is 1.12. The number of rotatable bonds is 4. The van der Waals surface area contributed by atoms with E-state index in [0.29, 0.717) is 0 Å². The number of aromatic nitrogens is 2. The predicted octanol–water partition coefficient (Wildman–Crippen LogP) is -0.199. The number of nitrogens with one attached hydrogen (secondary N) is 2. The largest absolute Gasteiger partial charge is 0.387 e. The van der Waals surface area contributed by atoms with Crippen LogP contribution in [0, 0.1) is 0 Å². The van der Waals surface area contributed by atoms with Crippen molar-refractivity contribution in [2.75, 3.05) is 17.6 Å². The van der Waals surface area contributed by atoms with Crippen molar-refractivity contribution in [3.8, 4) is 0 Å². The minimum absolute atomic E-state index is 0.0269. The van der Waals surface area contributed by atoms with E-state index in [1.165, 1.54) is 7.05 Å². The molecule has 0 radical (unpaired) electrons. The van der Waals surface area contributed by atoms with Gasteiger partial charge in [0.15, 0.2) is 0 Å². The second kappa shape index (κ2) is 5.62. The highest BCUT2D eigenvalue weighted by Gasteiger charge is 2.12. The Morgan fingerprint density at radius 2 is 2.00 bits per heavy atom. The summed E-state index contributed by atoms with van der Waals surface area (Å²) in [6.07, 6.45) is -0.785. The summed E-state index contributed by atoms with van der Waals surface area (Å²) in [6.45, 7) is 0.107. The molecule has 0 bridgehead atoms. The van der Waals surface area contributed by atoms with Gasteiger partial charge < -0.3 is 16.2 Å². The molecule has 1 heterocycles. The van der Waals surface area contributed by atoms with Crippen molar-refractivity contribution in [1.29, 1.82) is 0 Å². The summed E-state index contributed by atoms with van der Waals surface area (Å²) in [4.78, 5) is 25.1. The molecule has 5 N–H and O–H groups in total. The SMILES string of the molecule is Cn1c(N)c(NCC(O)c2ccccc2)c(=O)[nH]c1=O. The molecule has 7 nitrogen and oxygen atoms in total. The van der Waals surface area contributed by atoms with E-state index in [9.17, 15) is 14.7 Å². The second-order valence-electron chi connectivity index (χ2n) is 4.39. The van der Waals surface area contributed by atoms with E-state index >= 15 is 0 Å². The summed E-state index contributed by atoms with van der Waals surface area (Å²) in [5.41, 5.74) is 5.31. The number of aliphatic hydroxyl groups is 1. The highest BCUT2D eigenvalue weighted by atomic mass is 16.3. The second-order valence-corrected chi connectivity index (χ2v) is 4.39. The number of nitrogens with two attached hydrogens (primary N) is 1. The number of benzene rings is 1. The number of nitrogen functional groups attached to an aromatic ring is 1. The monoisotopic (exact) mass is 276 g/mol. The Morgan fingerprint density at radius 3 is 2.65 bits per heavy atom. The fourth-order valence-electron chi connectivity index (χ4n) is 1.80. The molecule has 0 amide bonds. The zero-order chi connectivity index (χ0) is 14.7. The fourth-order valence-corrected chi connectivity index (χ4v) is 1.80. The normalized spacial score (nSPS) is 12.1. The number of hydrogen-bond acceptors (Lipinski definition) is 5. The molecule has 1 atom stereocenters. The first-order valence-corrected chi connectivity index (χ1v) is 6.06. The minimum atomic E-state index is -0.785. The van der Waals surface area contributed by atoms with Gasteiger partial charge in [-0.2, -0.15) is 0 Å². The van der Waals surface area contributed by atoms with Crippen LogP contribution in [0.25, 0.3) is 0 Å². The number of anilines is 2. The molecule has 1 aromatic carbocycles. The molecule has 2 aromatic rings. The van der Waals surface area contributed by atoms with Gasteiger partial charge in [-0.15, -0.1) is 0 Å². The van der Waals surface area contributed by atoms with Crippen LogP contribution in [0.15, 0.2) is 39.9 Å². The van der Waals surface area contributed by atoms with Gasteiger partial charge >= 0.3 is 5.69 Å². The lowest BCUT2D eigenvalue weighted by Gasteiger charge is -2.14. The number of nitrogens with zero attached hydrogens (tertiary/aromatic N) is 1. The zero-order valence-electron chi connectivity index (χ0n) is 11.0. The summed E-state index contributed by atoms with van der Waals surface area (Å²) >= 11 is 0. The predicted molar refractivity (Wildman–Crippen MR) is 76.6 cm³/mol. The van der Waals surface area contributed by atoms with Gasteiger partial charge in [-0.3, -0.25) is 14.3 Å². The molecule has 0 aliphatic rings. The Hall–Kier alpha value is -2.54. The lowest BCUT2D eigenvalue weighted by atomic mass is 10.1. The number of aromatic amines is 1. The fraction of sp³-hybridized carbons (Fsp3) is 0.231. The molecule has 0 spiro atoms. The Morgan fingerprint density at radius 1 is 1.35 bits per heavy atom. The maximum Gasteiger partial charge on any atom is 0.329 e. The highest BCUT2D eigenvalue weighted by molar-refractivity contribution is 5.60. The van der Waals surface area contributed by atoms with Crippen LogP contribution in [-0.2, 0) is 7.05 Å². The van der Waals surface area contributed by atoms with Crippen molar-refractivity contribution in [1.82, 2.24) is 9.55 Å². The number of H-pyrrole nitrogens is 1. The summed E-state index contributed by atoms with van der Waals surface area (Å²) in [5, 5.41) is 12.8. The lowest BCUT2D eigenvalue weighted by molar-refractivity contribution is 0.191. The number of hydrogen-bond donors (Lipinski definition) is 4. The topological polar surface area (TPSA) is 113 Å². The summed E-state index contributed by atoms with van der Waals surface area (Å²) in [5.74, 6) is 0.0269. The smallest absolute Gasteiger partial charge is 0.329 e. The molecule has 1 aromatic heterocycles. The molecule has 0 fully saturated rings. The van der Waals surface area contributed by atoms with E-state index in [2.05, 4.69) is 10.3 Å². The highest BCUT2D eigenvalue weighted by Crippen LogP contribution is 2.14. The van der Waals surface area contributed by atoms with Crippen molar-refractivity contribution in [3.05, 3.63) is 56.7 Å². The van der Waals surface area contributed by atoms with Crippen LogP contribution in [0.2, 0.25) is 0 Å². The minimum Gasteiger partial charge on any atom is -0.387 e. The zero-order valence-corrected chi connectivity index (χ0v) is 11.0. The molecule has 20 heavy (non-hydrogen) atoms. The van der Waals surface area contributed by atoms with Gasteiger partial charge in [-0.25, -0.2) is 4.79 Å². The Balaban J connectivity index is 2.18. The van der Waals surface area contributed by atoms with E-state index < -0.39 is 17.4 Å². The maximum absolute atomic E-state index is 11.7. The van der Waals surface area contributed by atoms with Crippen LogP contribution in [0.1, 0.15) is 11.7 Å². The molecule has 2 rings (SSSR count). The van der Waals surface area contributed by atoms with Crippen molar-refractivity contribution in [3.63, 3.8) is 0 Å². The maximum atomic E-state index is 11.7. The average molecular weight is 276 g/mol. The molecule has 0 aliphatic heterocycles. The molecule has 7 heteroatoms. The van der Waals surface area contributed by atoms with Crippen LogP contribution in [0.3, 0.4) is 0 Å². The molecule has 1 unspecified atom stereocenters. The first-order chi connectivity index (χ1) is 9.50. The molecule has 0 saturated carbocycles. The van der Waals surface area contributed by atoms with Crippen molar-refractivity contribution in [2.24, 2.45) is 7.05 Å². The van der Waals surface area contributed by atoms with Crippen molar-refractivity contribution in [2.45, 2.75) is 6.10 Å². The Bertz CT molecular complexity index is 706. The van der Waals surface area contributed by atoms with Gasteiger partial charge in [0.1, 0.15) is 11.5 Å². The van der Waals surface area contributed by atoms with Crippen LogP contribution < -0.4 is 22.3 Å². The van der Waals surface area contributed by atoms with Crippen molar-refractivity contribution >= 4 is 11.5 Å². The molecule has 106 valence electrons. The number of aliphatic hydroxyl groups excluding tert-OH is 1. The molecule has 0 saturated heterocycles. The van der Waals surface area contributed by atoms with Gasteiger partial charge in [0.25, 0.3) is 5.56 Å². The third-order valence-corrected chi connectivity index (χ3v) is 3.03. The van der Waals surface area contributed by atoms with Gasteiger partial charge in [0, 0.05) is 13.6 Å². The average Bonchev–Trinajstić information content (AvgIpc) is 2.45. The van der Waals surface area contributed by atoms with E-state index in [1.807, 2.05) is 18.2 Å². The first kappa shape index (κ1) is 13.9. The first-order valence-electron chi connectivity index (χ1n) is 6.06. The third kappa shape index (κ3) is 2.72. The van der Waals surface area contributed by atoms with E-state index in [0.717, 1.165) is 10.1 Å². The summed E-state index contributed by atoms with van der Waals surface area (Å²) in [6, 6.07) is 9.03. The Labute approximate surface area is 114 Å². The molecule has 0 aliphatic carbocycles. The van der Waals surface area contributed by atoms with Crippen LogP contribution in [0.4, 0.5) is 11.5 Å². The van der Waals surface area contributed by atoms with Crippen LogP contribution >= 0.6 is 0 Å².